The number of β-lactam (4-membered cyclic amide) rings is 1. The molecule has 1 fully saturated rings. The maximum atomic E-state index is 13.5. The zero-order chi connectivity index (χ0) is 29.5. The van der Waals surface area contributed by atoms with E-state index in [2.05, 4.69) is 5.32 Å². The van der Waals surface area contributed by atoms with Gasteiger partial charge in [-0.05, 0) is 36.6 Å². The largest absolute Gasteiger partial charge is 0.493 e. The molecule has 0 radical (unpaired) electrons. The molecule has 2 atom stereocenters. The van der Waals surface area contributed by atoms with Crippen molar-refractivity contribution in [2.45, 2.75) is 37.9 Å². The van der Waals surface area contributed by atoms with Gasteiger partial charge in [0, 0.05) is 6.07 Å². The van der Waals surface area contributed by atoms with E-state index in [0.717, 1.165) is 16.0 Å². The SMILES string of the molecule is CC(C)=C(C(=O)OC(c1ccccc1)c1ccccc1)N1C(=O)C(NC(=O)CCOc2cccc([N+](=O)[O-])c2)C1Cl. The van der Waals surface area contributed by atoms with E-state index in [-0.39, 0.29) is 30.2 Å². The maximum absolute atomic E-state index is 13.5. The highest BCUT2D eigenvalue weighted by Gasteiger charge is 2.51. The number of carbonyl (C=O) groups is 3. The minimum Gasteiger partial charge on any atom is -0.493 e. The maximum Gasteiger partial charge on any atom is 0.355 e. The molecular weight excluding hydrogens is 550 g/mol. The average molecular weight is 578 g/mol. The van der Waals surface area contributed by atoms with Crippen LogP contribution in [0.3, 0.4) is 0 Å². The number of esters is 1. The third-order valence-electron chi connectivity index (χ3n) is 6.31. The number of allylic oxidation sites excluding steroid dienone is 1. The number of non-ortho nitro benzene ring substituents is 1. The normalized spacial score (nSPS) is 16.0. The van der Waals surface area contributed by atoms with Crippen LogP contribution in [0.2, 0.25) is 0 Å². The lowest BCUT2D eigenvalue weighted by atomic mass is 10.0. The Labute approximate surface area is 241 Å². The minimum atomic E-state index is -1.05. The number of hydrogen-bond acceptors (Lipinski definition) is 7. The summed E-state index contributed by atoms with van der Waals surface area (Å²) in [5, 5.41) is 13.5. The molecule has 0 aliphatic carbocycles. The van der Waals surface area contributed by atoms with E-state index >= 15 is 0 Å². The second-order valence-electron chi connectivity index (χ2n) is 9.43. The Kier molecular flexibility index (Phi) is 9.36. The molecule has 4 rings (SSSR count). The topological polar surface area (TPSA) is 128 Å². The quantitative estimate of drug-likeness (QED) is 0.0654. The van der Waals surface area contributed by atoms with Crippen molar-refractivity contribution in [3.63, 3.8) is 0 Å². The highest BCUT2D eigenvalue weighted by atomic mass is 35.5. The molecule has 2 unspecified atom stereocenters. The zero-order valence-corrected chi connectivity index (χ0v) is 23.1. The summed E-state index contributed by atoms with van der Waals surface area (Å²) >= 11 is 6.50. The highest BCUT2D eigenvalue weighted by molar-refractivity contribution is 6.27. The van der Waals surface area contributed by atoms with Gasteiger partial charge in [-0.1, -0.05) is 78.3 Å². The van der Waals surface area contributed by atoms with Crippen LogP contribution in [0.15, 0.2) is 96.2 Å². The number of rotatable bonds is 11. The second kappa shape index (κ2) is 13.1. The van der Waals surface area contributed by atoms with Crippen LogP contribution >= 0.6 is 11.6 Å². The van der Waals surface area contributed by atoms with Crippen LogP contribution in [-0.4, -0.2) is 45.8 Å². The number of likely N-dealkylation sites (tertiary alicyclic amines) is 1. The van der Waals surface area contributed by atoms with Crippen molar-refractivity contribution in [2.24, 2.45) is 0 Å². The molecule has 11 heteroatoms. The summed E-state index contributed by atoms with van der Waals surface area (Å²) in [4.78, 5) is 50.5. The van der Waals surface area contributed by atoms with Crippen molar-refractivity contribution in [2.75, 3.05) is 6.61 Å². The molecule has 0 saturated carbocycles. The van der Waals surface area contributed by atoms with Crippen LogP contribution in [0, 0.1) is 10.1 Å². The van der Waals surface area contributed by atoms with Gasteiger partial charge in [0.15, 0.2) is 6.10 Å². The molecule has 1 aliphatic rings. The third-order valence-corrected chi connectivity index (χ3v) is 6.75. The molecule has 0 bridgehead atoms. The number of nitrogens with one attached hydrogen (secondary N) is 1. The van der Waals surface area contributed by atoms with Gasteiger partial charge in [0.1, 0.15) is 23.0 Å². The van der Waals surface area contributed by atoms with E-state index in [4.69, 9.17) is 21.1 Å². The molecule has 0 aromatic heterocycles. The molecule has 1 saturated heterocycles. The van der Waals surface area contributed by atoms with Crippen molar-refractivity contribution < 1.29 is 28.8 Å². The number of alkyl halides is 1. The van der Waals surface area contributed by atoms with E-state index in [1.807, 2.05) is 60.7 Å². The Morgan fingerprint density at radius 3 is 2.15 bits per heavy atom. The summed E-state index contributed by atoms with van der Waals surface area (Å²) in [6.45, 7) is 3.27. The molecule has 0 spiro atoms. The van der Waals surface area contributed by atoms with Gasteiger partial charge >= 0.3 is 5.97 Å². The summed E-state index contributed by atoms with van der Waals surface area (Å²) in [5.41, 5.74) is 0.887. The van der Waals surface area contributed by atoms with E-state index < -0.39 is 40.4 Å². The van der Waals surface area contributed by atoms with E-state index in [9.17, 15) is 24.5 Å². The summed E-state index contributed by atoms with van der Waals surface area (Å²) < 4.78 is 11.4. The fourth-order valence-electron chi connectivity index (χ4n) is 4.30. The first kappa shape index (κ1) is 29.3. The lowest BCUT2D eigenvalue weighted by Crippen LogP contribution is -2.68. The molecule has 3 aromatic carbocycles. The first-order valence-electron chi connectivity index (χ1n) is 12.8. The average Bonchev–Trinajstić information content (AvgIpc) is 2.98. The van der Waals surface area contributed by atoms with Gasteiger partial charge in [-0.3, -0.25) is 24.6 Å². The standard InChI is InChI=1S/C30H28ClN3O7/c1-19(2)26(30(37)41-27(20-10-5-3-6-11-20)21-12-7-4-8-13-21)33-28(31)25(29(33)36)32-24(35)16-17-40-23-15-9-14-22(18-23)34(38)39/h3-15,18,25,27-28H,16-17H2,1-2H3,(H,32,35). The molecule has 1 N–H and O–H groups in total. The van der Waals surface area contributed by atoms with Gasteiger partial charge < -0.3 is 14.8 Å². The van der Waals surface area contributed by atoms with Crippen LogP contribution in [0.1, 0.15) is 37.5 Å². The van der Waals surface area contributed by atoms with Crippen LogP contribution in [0.4, 0.5) is 5.69 Å². The Morgan fingerprint density at radius 2 is 1.61 bits per heavy atom. The summed E-state index contributed by atoms with van der Waals surface area (Å²) in [7, 11) is 0. The predicted molar refractivity (Wildman–Crippen MR) is 151 cm³/mol. The van der Waals surface area contributed by atoms with Gasteiger partial charge in [0.25, 0.3) is 11.6 Å². The Morgan fingerprint density at radius 1 is 1.00 bits per heavy atom. The number of halogens is 1. The molecule has 41 heavy (non-hydrogen) atoms. The number of amides is 2. The molecule has 1 aliphatic heterocycles. The number of nitro benzene ring substituents is 1. The smallest absolute Gasteiger partial charge is 0.355 e. The van der Waals surface area contributed by atoms with Gasteiger partial charge in [0.2, 0.25) is 5.91 Å². The molecule has 212 valence electrons. The van der Waals surface area contributed by atoms with Gasteiger partial charge in [-0.2, -0.15) is 0 Å². The Balaban J connectivity index is 1.38. The summed E-state index contributed by atoms with van der Waals surface area (Å²) in [6.07, 6.45) is -0.838. The van der Waals surface area contributed by atoms with Gasteiger partial charge in [-0.25, -0.2) is 4.79 Å². The van der Waals surface area contributed by atoms with Crippen molar-refractivity contribution in [1.29, 1.82) is 0 Å². The van der Waals surface area contributed by atoms with Gasteiger partial charge in [0.05, 0.1) is 24.0 Å². The van der Waals surface area contributed by atoms with Crippen LogP contribution in [0.25, 0.3) is 0 Å². The second-order valence-corrected chi connectivity index (χ2v) is 9.88. The highest BCUT2D eigenvalue weighted by Crippen LogP contribution is 2.33. The number of hydrogen-bond donors (Lipinski definition) is 1. The number of carbonyl (C=O) groups excluding carboxylic acids is 3. The third kappa shape index (κ3) is 6.90. The first-order valence-corrected chi connectivity index (χ1v) is 13.2. The number of ether oxygens (including phenoxy) is 2. The number of nitrogens with zero attached hydrogens (tertiary/aromatic N) is 2. The zero-order valence-electron chi connectivity index (χ0n) is 22.4. The first-order chi connectivity index (χ1) is 19.7. The van der Waals surface area contributed by atoms with Crippen LogP contribution in [-0.2, 0) is 19.1 Å². The molecule has 2 amide bonds. The van der Waals surface area contributed by atoms with E-state index in [1.165, 1.54) is 24.3 Å². The lowest BCUT2D eigenvalue weighted by Gasteiger charge is -2.44. The predicted octanol–water partition coefficient (Wildman–Crippen LogP) is 4.88. The number of benzene rings is 3. The monoisotopic (exact) mass is 577 g/mol. The molecular formula is C30H28ClN3O7. The van der Waals surface area contributed by atoms with Crippen molar-refractivity contribution in [1.82, 2.24) is 10.2 Å². The minimum absolute atomic E-state index is 0.00589. The summed E-state index contributed by atoms with van der Waals surface area (Å²) in [5.74, 6) is -1.54. The Bertz CT molecular complexity index is 1420. The fraction of sp³-hybridized carbons (Fsp3) is 0.233. The summed E-state index contributed by atoms with van der Waals surface area (Å²) in [6, 6.07) is 23.0. The van der Waals surface area contributed by atoms with Crippen LogP contribution in [0.5, 0.6) is 5.75 Å². The van der Waals surface area contributed by atoms with Crippen molar-refractivity contribution in [3.8, 4) is 5.75 Å². The van der Waals surface area contributed by atoms with Gasteiger partial charge in [-0.15, -0.1) is 0 Å². The fourth-order valence-corrected chi connectivity index (χ4v) is 4.67. The van der Waals surface area contributed by atoms with Crippen molar-refractivity contribution in [3.05, 3.63) is 117 Å². The lowest BCUT2D eigenvalue weighted by molar-refractivity contribution is -0.384. The van der Waals surface area contributed by atoms with E-state index in [1.54, 1.807) is 13.8 Å². The Hall–Kier alpha value is -4.70. The molecule has 1 heterocycles. The number of nitro groups is 1. The molecule has 3 aromatic rings. The van der Waals surface area contributed by atoms with E-state index in [0.29, 0.717) is 5.57 Å². The van der Waals surface area contributed by atoms with Crippen LogP contribution < -0.4 is 10.1 Å². The van der Waals surface area contributed by atoms with Crippen molar-refractivity contribution >= 4 is 35.1 Å². The molecule has 10 nitrogen and oxygen atoms in total.